The highest BCUT2D eigenvalue weighted by Gasteiger charge is 2.24. The van der Waals surface area contributed by atoms with Crippen LogP contribution in [0.3, 0.4) is 0 Å². The van der Waals surface area contributed by atoms with Crippen molar-refractivity contribution in [2.45, 2.75) is 6.92 Å². The quantitative estimate of drug-likeness (QED) is 0.315. The Morgan fingerprint density at radius 2 is 1.79 bits per heavy atom. The van der Waals surface area contributed by atoms with Gasteiger partial charge >= 0.3 is 0 Å². The van der Waals surface area contributed by atoms with Crippen LogP contribution >= 0.6 is 0 Å². The molecule has 0 aliphatic carbocycles. The Labute approximate surface area is 217 Å². The van der Waals surface area contributed by atoms with Crippen molar-refractivity contribution >= 4 is 39.1 Å². The van der Waals surface area contributed by atoms with Crippen molar-refractivity contribution in [3.63, 3.8) is 0 Å². The fraction of sp³-hybridized carbons (Fsp3) is 0.167. The first-order chi connectivity index (χ1) is 18.5. The minimum Gasteiger partial charge on any atom is -0.378 e. The van der Waals surface area contributed by atoms with Crippen molar-refractivity contribution in [3.8, 4) is 11.1 Å². The van der Waals surface area contributed by atoms with E-state index in [0.29, 0.717) is 54.0 Å². The van der Waals surface area contributed by atoms with E-state index in [1.165, 1.54) is 18.2 Å². The number of nitrogens with zero attached hydrogens (tertiary/aromatic N) is 3. The fourth-order valence-corrected chi connectivity index (χ4v) is 5.05. The van der Waals surface area contributed by atoms with Crippen LogP contribution in [0.1, 0.15) is 15.9 Å². The molecule has 1 aliphatic rings. The number of fused-ring (bicyclic) bond motifs is 2. The molecule has 1 amide bonds. The molecule has 0 radical (unpaired) electrons. The highest BCUT2D eigenvalue weighted by atomic mass is 19.1. The first-order valence-corrected chi connectivity index (χ1v) is 12.4. The number of benzene rings is 3. The molecular weight excluding hydrogens is 486 g/mol. The number of carbonyl (C=O) groups excluding carboxylic acids is 1. The number of nitrogens with one attached hydrogen (secondary N) is 1. The summed E-state index contributed by atoms with van der Waals surface area (Å²) in [6.07, 6.45) is 3.15. The van der Waals surface area contributed by atoms with Crippen molar-refractivity contribution in [1.82, 2.24) is 9.97 Å². The van der Waals surface area contributed by atoms with Gasteiger partial charge in [-0.05, 0) is 54.4 Å². The van der Waals surface area contributed by atoms with Gasteiger partial charge in [0.25, 0.3) is 5.91 Å². The van der Waals surface area contributed by atoms with Crippen LogP contribution in [-0.4, -0.2) is 42.2 Å². The molecule has 0 bridgehead atoms. The number of hydrogen-bond acceptors (Lipinski definition) is 5. The van der Waals surface area contributed by atoms with E-state index >= 15 is 4.39 Å². The number of pyridine rings is 2. The van der Waals surface area contributed by atoms with Gasteiger partial charge in [-0.25, -0.2) is 8.78 Å². The number of hydrogen-bond donors (Lipinski definition) is 1. The van der Waals surface area contributed by atoms with Crippen LogP contribution in [0.25, 0.3) is 32.9 Å². The smallest absolute Gasteiger partial charge is 0.256 e. The van der Waals surface area contributed by atoms with Crippen molar-refractivity contribution in [2.24, 2.45) is 0 Å². The third-order valence-electron chi connectivity index (χ3n) is 6.90. The second-order valence-corrected chi connectivity index (χ2v) is 9.23. The Morgan fingerprint density at radius 3 is 2.63 bits per heavy atom. The Kier molecular flexibility index (Phi) is 6.17. The Morgan fingerprint density at radius 1 is 0.974 bits per heavy atom. The van der Waals surface area contributed by atoms with Crippen LogP contribution in [0.5, 0.6) is 0 Å². The third kappa shape index (κ3) is 4.22. The van der Waals surface area contributed by atoms with Crippen LogP contribution < -0.4 is 10.2 Å². The predicted octanol–water partition coefficient (Wildman–Crippen LogP) is 6.13. The minimum absolute atomic E-state index is 0.229. The molecule has 0 spiro atoms. The lowest BCUT2D eigenvalue weighted by Crippen LogP contribution is -2.37. The van der Waals surface area contributed by atoms with E-state index in [4.69, 9.17) is 4.74 Å². The zero-order valence-corrected chi connectivity index (χ0v) is 20.7. The first kappa shape index (κ1) is 23.9. The number of amides is 1. The van der Waals surface area contributed by atoms with Crippen molar-refractivity contribution < 1.29 is 18.3 Å². The Hall–Kier alpha value is -4.43. The number of para-hydroxylation sites is 1. The SMILES string of the molecule is Cc1ccc(F)cc1-c1c(F)ccc2c(N3CCOCC3)c(NC(=O)c3ccnc4ccccc34)cnc12. The van der Waals surface area contributed by atoms with Gasteiger partial charge in [0, 0.05) is 35.6 Å². The van der Waals surface area contributed by atoms with Gasteiger partial charge in [-0.2, -0.15) is 0 Å². The molecule has 2 aromatic heterocycles. The van der Waals surface area contributed by atoms with Crippen molar-refractivity contribution in [1.29, 1.82) is 0 Å². The first-order valence-electron chi connectivity index (χ1n) is 12.4. The molecule has 1 saturated heterocycles. The molecule has 8 heteroatoms. The van der Waals surface area contributed by atoms with E-state index in [9.17, 15) is 9.18 Å². The average molecular weight is 511 g/mol. The molecule has 38 heavy (non-hydrogen) atoms. The molecule has 0 saturated carbocycles. The lowest BCUT2D eigenvalue weighted by molar-refractivity contribution is 0.102. The van der Waals surface area contributed by atoms with Gasteiger partial charge in [0.15, 0.2) is 0 Å². The molecule has 3 aromatic carbocycles. The average Bonchev–Trinajstić information content (AvgIpc) is 2.94. The third-order valence-corrected chi connectivity index (χ3v) is 6.90. The predicted molar refractivity (Wildman–Crippen MR) is 145 cm³/mol. The van der Waals surface area contributed by atoms with Crippen molar-refractivity contribution in [2.75, 3.05) is 36.5 Å². The number of morpholine rings is 1. The number of anilines is 2. The highest BCUT2D eigenvalue weighted by molar-refractivity contribution is 6.15. The molecule has 5 aromatic rings. The van der Waals surface area contributed by atoms with Crippen LogP contribution in [0.2, 0.25) is 0 Å². The summed E-state index contributed by atoms with van der Waals surface area (Å²) in [4.78, 5) is 24.6. The molecule has 0 unspecified atom stereocenters. The standard InChI is InChI=1S/C30H24F2N4O2/c1-18-6-7-19(31)16-23(18)27-24(32)9-8-22-28(27)34-17-26(29(22)36-12-14-38-15-13-36)35-30(37)21-10-11-33-25-5-3-2-4-20(21)25/h2-11,16-17H,12-15H2,1H3,(H,35,37). The topological polar surface area (TPSA) is 67.3 Å². The van der Waals surface area contributed by atoms with E-state index in [0.717, 1.165) is 22.2 Å². The van der Waals surface area contributed by atoms with E-state index in [2.05, 4.69) is 20.2 Å². The molecule has 6 rings (SSSR count). The lowest BCUT2D eigenvalue weighted by atomic mass is 9.96. The summed E-state index contributed by atoms with van der Waals surface area (Å²) in [5.74, 6) is -1.25. The summed E-state index contributed by atoms with van der Waals surface area (Å²) >= 11 is 0. The minimum atomic E-state index is -0.494. The van der Waals surface area contributed by atoms with Crippen LogP contribution in [-0.2, 0) is 4.74 Å². The van der Waals surface area contributed by atoms with Crippen LogP contribution in [0, 0.1) is 18.6 Å². The number of carbonyl (C=O) groups is 1. The summed E-state index contributed by atoms with van der Waals surface area (Å²) in [5.41, 5.74) is 4.22. The maximum Gasteiger partial charge on any atom is 0.256 e. The largest absolute Gasteiger partial charge is 0.378 e. The maximum absolute atomic E-state index is 15.3. The zero-order valence-electron chi connectivity index (χ0n) is 20.7. The van der Waals surface area contributed by atoms with E-state index < -0.39 is 11.6 Å². The monoisotopic (exact) mass is 510 g/mol. The van der Waals surface area contributed by atoms with Crippen LogP contribution in [0.15, 0.2) is 73.1 Å². The molecule has 1 N–H and O–H groups in total. The lowest BCUT2D eigenvalue weighted by Gasteiger charge is -2.31. The number of aryl methyl sites for hydroxylation is 1. The normalized spacial score (nSPS) is 13.7. The van der Waals surface area contributed by atoms with Gasteiger partial charge in [-0.1, -0.05) is 24.3 Å². The molecule has 0 atom stereocenters. The molecule has 190 valence electrons. The molecule has 1 aliphatic heterocycles. The van der Waals surface area contributed by atoms with Gasteiger partial charge in [-0.3, -0.25) is 14.8 Å². The summed E-state index contributed by atoms with van der Waals surface area (Å²) < 4.78 is 35.1. The van der Waals surface area contributed by atoms with E-state index in [-0.39, 0.29) is 11.5 Å². The second-order valence-electron chi connectivity index (χ2n) is 9.23. The Balaban J connectivity index is 1.52. The zero-order chi connectivity index (χ0) is 26.2. The Bertz CT molecular complexity index is 1690. The van der Waals surface area contributed by atoms with Gasteiger partial charge in [-0.15, -0.1) is 0 Å². The number of rotatable bonds is 4. The molecule has 1 fully saturated rings. The van der Waals surface area contributed by atoms with Gasteiger partial charge in [0.05, 0.1) is 47.4 Å². The second kappa shape index (κ2) is 9.79. The summed E-state index contributed by atoms with van der Waals surface area (Å²) in [6.45, 7) is 4.02. The van der Waals surface area contributed by atoms with E-state index in [1.54, 1.807) is 30.6 Å². The number of ether oxygens (including phenoxy) is 1. The molecule has 3 heterocycles. The van der Waals surface area contributed by atoms with Crippen molar-refractivity contribution in [3.05, 3.63) is 95.8 Å². The van der Waals surface area contributed by atoms with Gasteiger partial charge < -0.3 is 15.0 Å². The summed E-state index contributed by atoms with van der Waals surface area (Å²) in [6, 6.07) is 16.5. The van der Waals surface area contributed by atoms with E-state index in [1.807, 2.05) is 31.2 Å². The van der Waals surface area contributed by atoms with Gasteiger partial charge in [0.2, 0.25) is 0 Å². The molecule has 6 nitrogen and oxygen atoms in total. The number of aromatic nitrogens is 2. The summed E-state index contributed by atoms with van der Waals surface area (Å²) in [5, 5.41) is 4.43. The number of halogens is 2. The highest BCUT2D eigenvalue weighted by Crippen LogP contribution is 2.40. The molecular formula is C30H24F2N4O2. The maximum atomic E-state index is 15.3. The summed E-state index contributed by atoms with van der Waals surface area (Å²) in [7, 11) is 0. The van der Waals surface area contributed by atoms with Gasteiger partial charge in [0.1, 0.15) is 11.6 Å². The fourth-order valence-electron chi connectivity index (χ4n) is 5.05. The van der Waals surface area contributed by atoms with Crippen LogP contribution in [0.4, 0.5) is 20.2 Å².